The molecule has 0 atom stereocenters. The van der Waals surface area contributed by atoms with Crippen molar-refractivity contribution in [2.75, 3.05) is 5.32 Å². The van der Waals surface area contributed by atoms with Crippen molar-refractivity contribution >= 4 is 22.7 Å². The fraction of sp³-hybridized carbons (Fsp3) is 0.174. The number of rotatable bonds is 8. The highest BCUT2D eigenvalue weighted by molar-refractivity contribution is 5.85. The van der Waals surface area contributed by atoms with E-state index in [4.69, 9.17) is 21.4 Å². The van der Waals surface area contributed by atoms with Crippen molar-refractivity contribution in [3.8, 4) is 45.0 Å². The maximum atomic E-state index is 6.66. The van der Waals surface area contributed by atoms with Gasteiger partial charge >= 0.3 is 0 Å². The van der Waals surface area contributed by atoms with Crippen molar-refractivity contribution in [1.82, 2.24) is 18.8 Å². The molecule has 2 aliphatic carbocycles. The van der Waals surface area contributed by atoms with E-state index in [2.05, 4.69) is 148 Å². The summed E-state index contributed by atoms with van der Waals surface area (Å²) in [5.41, 5.74) is 27.3. The molecule has 0 saturated heterocycles. The average Bonchev–Trinajstić information content (AvgIpc) is 3.75. The number of aromatic nitrogens is 4. The zero-order valence-electron chi connectivity index (χ0n) is 29.5. The maximum Gasteiger partial charge on any atom is 0.140 e. The summed E-state index contributed by atoms with van der Waals surface area (Å²) in [6, 6.07) is 46.8. The molecule has 53 heavy (non-hydrogen) atoms. The van der Waals surface area contributed by atoms with Crippen LogP contribution in [0.3, 0.4) is 0 Å². The zero-order valence-corrected chi connectivity index (χ0v) is 29.5. The van der Waals surface area contributed by atoms with Crippen LogP contribution in [0.15, 0.2) is 146 Å². The Morgan fingerprint density at radius 2 is 0.868 bits per heavy atom. The van der Waals surface area contributed by atoms with Crippen LogP contribution in [-0.4, -0.2) is 18.8 Å². The lowest BCUT2D eigenvalue weighted by atomic mass is 9.72. The standard InChI is InChI=1S/C46H41N7/c47-45(23-7-24-45)35-17-13-31(14-18-35)41-43(33-9-3-1-4-10-33)52-27-21-37(29-39(52)50-41)49-38-22-28-53-40(30-38)51-42(44(53)34-11-5-2-6-12-34)32-15-19-36(20-16-32)46(48)25-8-26-46/h1-6,9-22,27-30,49H,7-8,23-26,47-48H2. The van der Waals surface area contributed by atoms with E-state index in [0.29, 0.717) is 0 Å². The minimum Gasteiger partial charge on any atom is -0.355 e. The molecule has 0 unspecified atom stereocenters. The van der Waals surface area contributed by atoms with Gasteiger partial charge in [-0.3, -0.25) is 8.80 Å². The monoisotopic (exact) mass is 691 g/mol. The zero-order chi connectivity index (χ0) is 35.6. The molecule has 2 fully saturated rings. The number of hydrogen-bond acceptors (Lipinski definition) is 5. The highest BCUT2D eigenvalue weighted by Crippen LogP contribution is 2.42. The summed E-state index contributed by atoms with van der Waals surface area (Å²) in [6.07, 6.45) is 10.7. The average molecular weight is 692 g/mol. The van der Waals surface area contributed by atoms with Gasteiger partial charge in [-0.25, -0.2) is 9.97 Å². The lowest BCUT2D eigenvalue weighted by Crippen LogP contribution is -2.43. The van der Waals surface area contributed by atoms with Crippen molar-refractivity contribution < 1.29 is 0 Å². The lowest BCUT2D eigenvalue weighted by Gasteiger charge is -2.38. The van der Waals surface area contributed by atoms with Crippen molar-refractivity contribution in [2.24, 2.45) is 11.5 Å². The predicted octanol–water partition coefficient (Wildman–Crippen LogP) is 10.1. The van der Waals surface area contributed by atoms with Gasteiger partial charge in [-0.2, -0.15) is 0 Å². The number of pyridine rings is 2. The smallest absolute Gasteiger partial charge is 0.140 e. The number of hydrogen-bond donors (Lipinski definition) is 3. The SMILES string of the molecule is NC1(c2ccc(-c3nc4cc(Nc5ccn6c(-c7ccccc7)c(-c7ccc(C8(N)CCC8)cc7)nc6c5)ccn4c3-c3ccccc3)cc2)CCC1. The van der Waals surface area contributed by atoms with E-state index in [1.54, 1.807) is 0 Å². The van der Waals surface area contributed by atoms with Gasteiger partial charge in [0.25, 0.3) is 0 Å². The van der Waals surface area contributed by atoms with Crippen LogP contribution in [0.5, 0.6) is 0 Å². The van der Waals surface area contributed by atoms with Gasteiger partial charge < -0.3 is 16.8 Å². The van der Waals surface area contributed by atoms with Crippen molar-refractivity contribution in [2.45, 2.75) is 49.6 Å². The van der Waals surface area contributed by atoms with Crippen LogP contribution in [-0.2, 0) is 11.1 Å². The Kier molecular flexibility index (Phi) is 7.35. The number of nitrogens with two attached hydrogens (primary N) is 2. The highest BCUT2D eigenvalue weighted by atomic mass is 15.0. The molecule has 8 aromatic rings. The third kappa shape index (κ3) is 5.43. The first-order valence-corrected chi connectivity index (χ1v) is 18.7. The molecule has 5 N–H and O–H groups in total. The summed E-state index contributed by atoms with van der Waals surface area (Å²) in [7, 11) is 0. The first-order valence-electron chi connectivity index (χ1n) is 18.7. The molecule has 2 saturated carbocycles. The van der Waals surface area contributed by atoms with Crippen molar-refractivity contribution in [1.29, 1.82) is 0 Å². The van der Waals surface area contributed by atoms with Crippen molar-refractivity contribution in [3.63, 3.8) is 0 Å². The van der Waals surface area contributed by atoms with Crippen LogP contribution >= 0.6 is 0 Å². The van der Waals surface area contributed by atoms with E-state index in [9.17, 15) is 0 Å². The summed E-state index contributed by atoms with van der Waals surface area (Å²) >= 11 is 0. The van der Waals surface area contributed by atoms with Crippen LogP contribution in [0.2, 0.25) is 0 Å². The molecule has 0 aliphatic heterocycles. The Morgan fingerprint density at radius 3 is 1.23 bits per heavy atom. The van der Waals surface area contributed by atoms with Gasteiger partial charge in [0.1, 0.15) is 11.3 Å². The van der Waals surface area contributed by atoms with Gasteiger partial charge in [0.05, 0.1) is 22.8 Å². The van der Waals surface area contributed by atoms with E-state index >= 15 is 0 Å². The van der Waals surface area contributed by atoms with Crippen LogP contribution in [0.25, 0.3) is 56.3 Å². The second kappa shape index (κ2) is 12.3. The summed E-state index contributed by atoms with van der Waals surface area (Å²) < 4.78 is 4.36. The first-order chi connectivity index (χ1) is 25.9. The summed E-state index contributed by atoms with van der Waals surface area (Å²) in [4.78, 5) is 10.4. The molecule has 7 heteroatoms. The summed E-state index contributed by atoms with van der Waals surface area (Å²) in [5.74, 6) is 0. The molecule has 0 amide bonds. The Bertz CT molecular complexity index is 2410. The lowest BCUT2D eigenvalue weighted by molar-refractivity contribution is 0.253. The van der Waals surface area contributed by atoms with Gasteiger partial charge in [0.15, 0.2) is 0 Å². The Hall–Kier alpha value is -6.02. The number of anilines is 2. The minimum atomic E-state index is -0.195. The molecular formula is C46H41N7. The molecule has 0 bridgehead atoms. The normalized spacial score (nSPS) is 16.0. The van der Waals surface area contributed by atoms with E-state index in [1.807, 2.05) is 12.1 Å². The topological polar surface area (TPSA) is 98.7 Å². The number of imidazole rings is 2. The third-order valence-corrected chi connectivity index (χ3v) is 11.6. The third-order valence-electron chi connectivity index (χ3n) is 11.6. The molecule has 2 aliphatic rings. The van der Waals surface area contributed by atoms with Crippen LogP contribution in [0, 0.1) is 0 Å². The number of benzene rings is 4. The second-order valence-electron chi connectivity index (χ2n) is 14.9. The maximum absolute atomic E-state index is 6.66. The Balaban J connectivity index is 1.01. The first kappa shape index (κ1) is 31.7. The molecule has 260 valence electrons. The van der Waals surface area contributed by atoms with Crippen molar-refractivity contribution in [3.05, 3.63) is 157 Å². The Morgan fingerprint density at radius 1 is 0.472 bits per heavy atom. The predicted molar refractivity (Wildman–Crippen MR) is 215 cm³/mol. The second-order valence-corrected chi connectivity index (χ2v) is 14.9. The number of nitrogens with one attached hydrogen (secondary N) is 1. The number of nitrogens with zero attached hydrogens (tertiary/aromatic N) is 4. The molecule has 4 aromatic carbocycles. The fourth-order valence-corrected chi connectivity index (χ4v) is 8.17. The minimum absolute atomic E-state index is 0.195. The summed E-state index contributed by atoms with van der Waals surface area (Å²) in [5, 5.41) is 3.64. The van der Waals surface area contributed by atoms with E-state index in [1.165, 1.54) is 24.0 Å². The van der Waals surface area contributed by atoms with Gasteiger partial charge in [0, 0.05) is 69.2 Å². The van der Waals surface area contributed by atoms with Gasteiger partial charge in [-0.15, -0.1) is 0 Å². The van der Waals surface area contributed by atoms with Crippen LogP contribution in [0.1, 0.15) is 49.7 Å². The molecule has 0 spiro atoms. The molecule has 4 aromatic heterocycles. The Labute approximate surface area is 309 Å². The van der Waals surface area contributed by atoms with Gasteiger partial charge in [0.2, 0.25) is 0 Å². The number of fused-ring (bicyclic) bond motifs is 2. The van der Waals surface area contributed by atoms with Gasteiger partial charge in [-0.1, -0.05) is 109 Å². The largest absolute Gasteiger partial charge is 0.355 e. The van der Waals surface area contributed by atoms with Crippen LogP contribution in [0.4, 0.5) is 11.4 Å². The molecule has 0 radical (unpaired) electrons. The molecule has 10 rings (SSSR count). The van der Waals surface area contributed by atoms with Gasteiger partial charge in [-0.05, 0) is 61.8 Å². The fourth-order valence-electron chi connectivity index (χ4n) is 8.17. The molecule has 4 heterocycles. The summed E-state index contributed by atoms with van der Waals surface area (Å²) in [6.45, 7) is 0. The molecular weight excluding hydrogens is 651 g/mol. The van der Waals surface area contributed by atoms with E-state index in [0.717, 1.165) is 93.4 Å². The van der Waals surface area contributed by atoms with E-state index in [-0.39, 0.29) is 11.1 Å². The highest BCUT2D eigenvalue weighted by Gasteiger charge is 2.35. The molecule has 7 nitrogen and oxygen atoms in total. The van der Waals surface area contributed by atoms with E-state index < -0.39 is 0 Å². The van der Waals surface area contributed by atoms with Crippen LogP contribution < -0.4 is 16.8 Å². The quantitative estimate of drug-likeness (QED) is 0.147.